The van der Waals surface area contributed by atoms with E-state index in [0.29, 0.717) is 32.2 Å². The summed E-state index contributed by atoms with van der Waals surface area (Å²) in [7, 11) is 0. The minimum absolute atomic E-state index is 0.205. The smallest absolute Gasteiger partial charge is 0.306 e. The molecule has 5 heteroatoms. The van der Waals surface area contributed by atoms with E-state index < -0.39 is 11.6 Å². The number of rotatable bonds is 5. The van der Waals surface area contributed by atoms with Crippen LogP contribution in [0.4, 0.5) is 0 Å². The number of hydrogen-bond acceptors (Lipinski definition) is 4. The zero-order valence-corrected chi connectivity index (χ0v) is 13.8. The Morgan fingerprint density at radius 1 is 1.48 bits per heavy atom. The summed E-state index contributed by atoms with van der Waals surface area (Å²) in [4.78, 5) is 13.6. The number of aliphatic hydroxyl groups is 1. The average molecular weight is 311 g/mol. The quantitative estimate of drug-likeness (QED) is 0.782. The van der Waals surface area contributed by atoms with E-state index in [4.69, 9.17) is 5.11 Å². The molecule has 2 rings (SSSR count). The normalized spacial score (nSPS) is 27.5. The number of carbonyl (C=O) groups is 1. The van der Waals surface area contributed by atoms with Gasteiger partial charge in [-0.1, -0.05) is 0 Å². The lowest BCUT2D eigenvalue weighted by Crippen LogP contribution is -2.45. The van der Waals surface area contributed by atoms with Gasteiger partial charge in [-0.25, -0.2) is 0 Å². The molecule has 0 spiro atoms. The Bertz CT molecular complexity index is 504. The van der Waals surface area contributed by atoms with Crippen LogP contribution in [0.25, 0.3) is 0 Å². The fraction of sp³-hybridized carbons (Fsp3) is 0.688. The van der Waals surface area contributed by atoms with Crippen LogP contribution in [0.3, 0.4) is 0 Å². The first-order valence-electron chi connectivity index (χ1n) is 7.56. The summed E-state index contributed by atoms with van der Waals surface area (Å²) >= 11 is 1.79. The molecule has 0 aliphatic heterocycles. The molecule has 1 aromatic heterocycles. The SMILES string of the molecule is Cc1cc(C(C)NCC2(O)CCC(C(=O)O)CC2)c(C)s1. The highest BCUT2D eigenvalue weighted by Crippen LogP contribution is 2.33. The second kappa shape index (κ2) is 6.46. The summed E-state index contributed by atoms with van der Waals surface area (Å²) in [6.45, 7) is 6.86. The van der Waals surface area contributed by atoms with Crippen molar-refractivity contribution < 1.29 is 15.0 Å². The van der Waals surface area contributed by atoms with Gasteiger partial charge in [-0.15, -0.1) is 11.3 Å². The summed E-state index contributed by atoms with van der Waals surface area (Å²) in [5.41, 5.74) is 0.527. The van der Waals surface area contributed by atoms with Gasteiger partial charge in [0.15, 0.2) is 0 Å². The first-order valence-corrected chi connectivity index (χ1v) is 8.38. The third-order valence-corrected chi connectivity index (χ3v) is 5.53. The molecule has 1 aliphatic rings. The molecule has 0 bridgehead atoms. The molecule has 0 aromatic carbocycles. The molecule has 3 N–H and O–H groups in total. The van der Waals surface area contributed by atoms with Crippen molar-refractivity contribution >= 4 is 17.3 Å². The molecule has 0 amide bonds. The molecule has 118 valence electrons. The lowest BCUT2D eigenvalue weighted by molar-refractivity contribution is -0.144. The Balaban J connectivity index is 1.88. The van der Waals surface area contributed by atoms with Crippen LogP contribution < -0.4 is 5.32 Å². The van der Waals surface area contributed by atoms with Gasteiger partial charge in [0.05, 0.1) is 11.5 Å². The van der Waals surface area contributed by atoms with Crippen molar-refractivity contribution in [1.29, 1.82) is 0 Å². The molecule has 0 saturated heterocycles. The molecule has 1 unspecified atom stereocenters. The van der Waals surface area contributed by atoms with Gasteiger partial charge in [-0.2, -0.15) is 0 Å². The standard InChI is InChI=1S/C16H25NO3S/c1-10-8-14(12(3)21-10)11(2)17-9-16(20)6-4-13(5-7-16)15(18)19/h8,11,13,17,20H,4-7,9H2,1-3H3,(H,18,19). The number of carboxylic acid groups (broad SMARTS) is 1. The maximum Gasteiger partial charge on any atom is 0.306 e. The fourth-order valence-corrected chi connectivity index (χ4v) is 4.13. The zero-order valence-electron chi connectivity index (χ0n) is 13.0. The summed E-state index contributed by atoms with van der Waals surface area (Å²) < 4.78 is 0. The van der Waals surface area contributed by atoms with Crippen LogP contribution in [0.1, 0.15) is 54.0 Å². The second-order valence-corrected chi connectivity index (χ2v) is 7.77. The molecule has 1 atom stereocenters. The monoisotopic (exact) mass is 311 g/mol. The molecular formula is C16H25NO3S. The highest BCUT2D eigenvalue weighted by atomic mass is 32.1. The van der Waals surface area contributed by atoms with Gasteiger partial charge in [0.1, 0.15) is 0 Å². The van der Waals surface area contributed by atoms with E-state index in [1.807, 2.05) is 0 Å². The number of aryl methyl sites for hydroxylation is 2. The summed E-state index contributed by atoms with van der Waals surface area (Å²) in [6.07, 6.45) is 2.26. The Morgan fingerprint density at radius 3 is 2.57 bits per heavy atom. The summed E-state index contributed by atoms with van der Waals surface area (Å²) in [6, 6.07) is 2.40. The summed E-state index contributed by atoms with van der Waals surface area (Å²) in [5.74, 6) is -1.02. The van der Waals surface area contributed by atoms with Crippen molar-refractivity contribution in [3.05, 3.63) is 21.4 Å². The lowest BCUT2D eigenvalue weighted by atomic mass is 9.78. The average Bonchev–Trinajstić information content (AvgIpc) is 2.76. The van der Waals surface area contributed by atoms with Crippen LogP contribution in [-0.2, 0) is 4.79 Å². The van der Waals surface area contributed by atoms with Crippen molar-refractivity contribution in [2.75, 3.05) is 6.54 Å². The van der Waals surface area contributed by atoms with Crippen LogP contribution in [0.5, 0.6) is 0 Å². The fourth-order valence-electron chi connectivity index (χ4n) is 3.11. The summed E-state index contributed by atoms with van der Waals surface area (Å²) in [5, 5.41) is 23.0. The van der Waals surface area contributed by atoms with E-state index >= 15 is 0 Å². The molecule has 1 aliphatic carbocycles. The molecule has 21 heavy (non-hydrogen) atoms. The highest BCUT2D eigenvalue weighted by Gasteiger charge is 2.35. The Hall–Kier alpha value is -0.910. The maximum absolute atomic E-state index is 11.0. The van der Waals surface area contributed by atoms with Crippen LogP contribution in [0.2, 0.25) is 0 Å². The van der Waals surface area contributed by atoms with Crippen molar-refractivity contribution in [2.24, 2.45) is 5.92 Å². The van der Waals surface area contributed by atoms with Gasteiger partial charge in [-0.05, 0) is 58.1 Å². The van der Waals surface area contributed by atoms with Crippen molar-refractivity contribution in [1.82, 2.24) is 5.32 Å². The van der Waals surface area contributed by atoms with Crippen LogP contribution in [0.15, 0.2) is 6.07 Å². The first kappa shape index (κ1) is 16.5. The number of nitrogens with one attached hydrogen (secondary N) is 1. The van der Waals surface area contributed by atoms with Crippen molar-refractivity contribution in [3.8, 4) is 0 Å². The molecule has 1 aromatic rings. The third kappa shape index (κ3) is 4.05. The molecular weight excluding hydrogens is 286 g/mol. The van der Waals surface area contributed by atoms with Crippen molar-refractivity contribution in [2.45, 2.75) is 58.1 Å². The van der Waals surface area contributed by atoms with E-state index in [-0.39, 0.29) is 12.0 Å². The molecule has 4 nitrogen and oxygen atoms in total. The van der Waals surface area contributed by atoms with Gasteiger partial charge in [0.25, 0.3) is 0 Å². The minimum Gasteiger partial charge on any atom is -0.481 e. The van der Waals surface area contributed by atoms with Crippen LogP contribution in [-0.4, -0.2) is 28.3 Å². The topological polar surface area (TPSA) is 69.6 Å². The van der Waals surface area contributed by atoms with Gasteiger partial charge in [-0.3, -0.25) is 4.79 Å². The predicted octanol–water partition coefficient (Wildman–Crippen LogP) is 3.02. The van der Waals surface area contributed by atoms with Gasteiger partial charge < -0.3 is 15.5 Å². The van der Waals surface area contributed by atoms with E-state index in [2.05, 4.69) is 32.2 Å². The van der Waals surface area contributed by atoms with Crippen LogP contribution >= 0.6 is 11.3 Å². The predicted molar refractivity (Wildman–Crippen MR) is 84.8 cm³/mol. The second-order valence-electron chi connectivity index (χ2n) is 6.31. The van der Waals surface area contributed by atoms with E-state index in [1.165, 1.54) is 15.3 Å². The van der Waals surface area contributed by atoms with Gasteiger partial charge >= 0.3 is 5.97 Å². The van der Waals surface area contributed by atoms with E-state index in [0.717, 1.165) is 0 Å². The molecule has 1 heterocycles. The molecule has 0 radical (unpaired) electrons. The lowest BCUT2D eigenvalue weighted by Gasteiger charge is -2.35. The number of carboxylic acids is 1. The van der Waals surface area contributed by atoms with Gasteiger partial charge in [0, 0.05) is 22.3 Å². The first-order chi connectivity index (χ1) is 9.81. The Kier molecular flexibility index (Phi) is 5.07. The number of aliphatic carboxylic acids is 1. The number of thiophene rings is 1. The largest absolute Gasteiger partial charge is 0.481 e. The Morgan fingerprint density at radius 2 is 2.10 bits per heavy atom. The van der Waals surface area contributed by atoms with Crippen LogP contribution in [0, 0.1) is 19.8 Å². The molecule has 1 saturated carbocycles. The third-order valence-electron chi connectivity index (χ3n) is 4.55. The highest BCUT2D eigenvalue weighted by molar-refractivity contribution is 7.12. The van der Waals surface area contributed by atoms with E-state index in [9.17, 15) is 9.90 Å². The van der Waals surface area contributed by atoms with Crippen molar-refractivity contribution in [3.63, 3.8) is 0 Å². The molecule has 1 fully saturated rings. The number of hydrogen-bond donors (Lipinski definition) is 3. The van der Waals surface area contributed by atoms with E-state index in [1.54, 1.807) is 11.3 Å². The Labute approximate surface area is 130 Å². The van der Waals surface area contributed by atoms with Gasteiger partial charge in [0.2, 0.25) is 0 Å². The maximum atomic E-state index is 11.0. The minimum atomic E-state index is -0.765. The zero-order chi connectivity index (χ0) is 15.6.